The Morgan fingerprint density at radius 2 is 2.04 bits per heavy atom. The zero-order valence-corrected chi connectivity index (χ0v) is 16.1. The summed E-state index contributed by atoms with van der Waals surface area (Å²) in [5.41, 5.74) is 0.908. The molecule has 2 N–H and O–H groups in total. The molecule has 150 valence electrons. The van der Waals surface area contributed by atoms with Gasteiger partial charge in [0.2, 0.25) is 5.43 Å². The number of nitrogens with zero attached hydrogens (tertiary/aromatic N) is 2. The number of fused-ring (bicyclic) bond motifs is 1. The van der Waals surface area contributed by atoms with Crippen LogP contribution in [0.5, 0.6) is 0 Å². The fraction of sp³-hybridized carbons (Fsp3) is 0.524. The van der Waals surface area contributed by atoms with Gasteiger partial charge in [0.1, 0.15) is 11.4 Å². The highest BCUT2D eigenvalue weighted by molar-refractivity contribution is 5.95. The monoisotopic (exact) mass is 388 g/mol. The number of aryl methyl sites for hydroxylation is 1. The second kappa shape index (κ2) is 6.88. The van der Waals surface area contributed by atoms with Gasteiger partial charge in [0, 0.05) is 36.3 Å². The van der Waals surface area contributed by atoms with E-state index in [1.165, 1.54) is 12.3 Å². The van der Waals surface area contributed by atoms with Crippen molar-refractivity contribution in [2.75, 3.05) is 18.0 Å². The number of aliphatic hydroxyl groups is 1. The molecule has 2 heterocycles. The van der Waals surface area contributed by atoms with E-state index in [0.717, 1.165) is 18.4 Å². The lowest BCUT2D eigenvalue weighted by Crippen LogP contribution is -2.42. The average molecular weight is 388 g/mol. The van der Waals surface area contributed by atoms with Crippen LogP contribution in [0, 0.1) is 11.7 Å². The Labute approximate surface area is 162 Å². The van der Waals surface area contributed by atoms with Crippen LogP contribution in [0.2, 0.25) is 0 Å². The lowest BCUT2D eigenvalue weighted by Gasteiger charge is -2.37. The number of halogens is 1. The molecule has 0 radical (unpaired) electrons. The van der Waals surface area contributed by atoms with Crippen LogP contribution >= 0.6 is 0 Å². The molecule has 28 heavy (non-hydrogen) atoms. The van der Waals surface area contributed by atoms with Gasteiger partial charge in [-0.15, -0.1) is 0 Å². The molecule has 0 amide bonds. The molecule has 6 nitrogen and oxygen atoms in total. The largest absolute Gasteiger partial charge is 0.477 e. The van der Waals surface area contributed by atoms with Crippen molar-refractivity contribution in [3.05, 3.63) is 39.4 Å². The normalized spacial score (nSPS) is 22.6. The van der Waals surface area contributed by atoms with E-state index in [4.69, 9.17) is 0 Å². The van der Waals surface area contributed by atoms with Crippen LogP contribution in [0.15, 0.2) is 17.1 Å². The number of piperidine rings is 1. The van der Waals surface area contributed by atoms with Crippen LogP contribution in [0.4, 0.5) is 10.1 Å². The Hall–Kier alpha value is -2.41. The minimum Gasteiger partial charge on any atom is -0.477 e. The van der Waals surface area contributed by atoms with Crippen molar-refractivity contribution < 1.29 is 19.4 Å². The number of aromatic carboxylic acids is 1. The summed E-state index contributed by atoms with van der Waals surface area (Å²) in [6, 6.07) is 1.35. The maximum absolute atomic E-state index is 15.2. The molecule has 1 saturated heterocycles. The number of pyridine rings is 1. The molecular formula is C21H25FN2O4. The quantitative estimate of drug-likeness (QED) is 0.842. The third-order valence-electron chi connectivity index (χ3n) is 6.04. The zero-order chi connectivity index (χ0) is 20.2. The summed E-state index contributed by atoms with van der Waals surface area (Å²) in [7, 11) is 0. The van der Waals surface area contributed by atoms with E-state index in [0.29, 0.717) is 37.1 Å². The summed E-state index contributed by atoms with van der Waals surface area (Å²) in [5, 5.41) is 19.6. The first-order chi connectivity index (χ1) is 13.3. The summed E-state index contributed by atoms with van der Waals surface area (Å²) >= 11 is 0. The van der Waals surface area contributed by atoms with Crippen molar-refractivity contribution in [3.63, 3.8) is 0 Å². The Kier molecular flexibility index (Phi) is 4.65. The Morgan fingerprint density at radius 3 is 2.61 bits per heavy atom. The second-order valence-electron chi connectivity index (χ2n) is 8.03. The number of benzene rings is 1. The molecule has 4 rings (SSSR count). The van der Waals surface area contributed by atoms with Crippen LogP contribution < -0.4 is 10.3 Å². The first kappa shape index (κ1) is 18.9. The van der Waals surface area contributed by atoms with Gasteiger partial charge < -0.3 is 19.7 Å². The van der Waals surface area contributed by atoms with Crippen LogP contribution in [0.25, 0.3) is 10.9 Å². The molecule has 2 aromatic rings. The van der Waals surface area contributed by atoms with E-state index >= 15 is 4.39 Å². The molecule has 1 aliphatic heterocycles. The molecule has 1 saturated carbocycles. The molecule has 0 spiro atoms. The van der Waals surface area contributed by atoms with E-state index in [1.54, 1.807) is 0 Å². The maximum atomic E-state index is 15.2. The summed E-state index contributed by atoms with van der Waals surface area (Å²) in [4.78, 5) is 26.3. The molecule has 1 aromatic heterocycles. The lowest BCUT2D eigenvalue weighted by atomic mass is 9.94. The number of carbonyl (C=O) groups is 1. The van der Waals surface area contributed by atoms with Crippen molar-refractivity contribution in [3.8, 4) is 0 Å². The molecule has 0 bridgehead atoms. The number of carboxylic acids is 1. The van der Waals surface area contributed by atoms with Gasteiger partial charge in [-0.25, -0.2) is 9.18 Å². The van der Waals surface area contributed by atoms with E-state index < -0.39 is 23.3 Å². The van der Waals surface area contributed by atoms with Crippen molar-refractivity contribution in [1.29, 1.82) is 0 Å². The average Bonchev–Trinajstić information content (AvgIpc) is 3.48. The summed E-state index contributed by atoms with van der Waals surface area (Å²) in [6.07, 6.45) is 3.95. The van der Waals surface area contributed by atoms with Crippen molar-refractivity contribution in [2.45, 2.75) is 51.7 Å². The number of aromatic nitrogens is 1. The lowest BCUT2D eigenvalue weighted by molar-refractivity contribution is 0.0694. The van der Waals surface area contributed by atoms with Gasteiger partial charge >= 0.3 is 5.97 Å². The first-order valence-corrected chi connectivity index (χ1v) is 9.90. The number of hydrogen-bond donors (Lipinski definition) is 2. The van der Waals surface area contributed by atoms with E-state index in [-0.39, 0.29) is 22.9 Å². The van der Waals surface area contributed by atoms with Gasteiger partial charge in [-0.1, -0.05) is 13.8 Å². The van der Waals surface area contributed by atoms with Crippen molar-refractivity contribution in [2.24, 2.45) is 5.92 Å². The highest BCUT2D eigenvalue weighted by atomic mass is 19.1. The molecule has 1 aromatic carbocycles. The van der Waals surface area contributed by atoms with E-state index in [9.17, 15) is 19.8 Å². The fourth-order valence-electron chi connectivity index (χ4n) is 4.36. The number of rotatable bonds is 4. The fourth-order valence-corrected chi connectivity index (χ4v) is 4.36. The molecule has 2 fully saturated rings. The zero-order valence-electron chi connectivity index (χ0n) is 16.1. The van der Waals surface area contributed by atoms with Gasteiger partial charge in [-0.3, -0.25) is 4.79 Å². The smallest absolute Gasteiger partial charge is 0.341 e. The Balaban J connectivity index is 1.99. The van der Waals surface area contributed by atoms with Crippen LogP contribution in [-0.4, -0.2) is 39.9 Å². The van der Waals surface area contributed by atoms with Gasteiger partial charge in [0.25, 0.3) is 0 Å². The van der Waals surface area contributed by atoms with Crippen molar-refractivity contribution >= 4 is 22.6 Å². The van der Waals surface area contributed by atoms with Gasteiger partial charge in [0.05, 0.1) is 17.3 Å². The summed E-state index contributed by atoms with van der Waals surface area (Å²) < 4.78 is 17.1. The number of aliphatic hydroxyl groups excluding tert-OH is 1. The molecule has 1 aliphatic carbocycles. The highest BCUT2D eigenvalue weighted by Gasteiger charge is 2.32. The molecule has 7 heteroatoms. The van der Waals surface area contributed by atoms with Crippen LogP contribution in [0.1, 0.15) is 55.1 Å². The van der Waals surface area contributed by atoms with E-state index in [1.807, 2.05) is 23.3 Å². The van der Waals surface area contributed by atoms with Crippen LogP contribution in [-0.2, 0) is 6.42 Å². The van der Waals surface area contributed by atoms with E-state index in [2.05, 4.69) is 0 Å². The Morgan fingerprint density at radius 1 is 1.32 bits per heavy atom. The van der Waals surface area contributed by atoms with Crippen LogP contribution in [0.3, 0.4) is 0 Å². The predicted molar refractivity (Wildman–Crippen MR) is 105 cm³/mol. The molecule has 2 atom stereocenters. The second-order valence-corrected chi connectivity index (χ2v) is 8.03. The maximum Gasteiger partial charge on any atom is 0.341 e. The van der Waals surface area contributed by atoms with Gasteiger partial charge in [-0.2, -0.15) is 0 Å². The predicted octanol–water partition coefficient (Wildman–Crippen LogP) is 2.94. The molecule has 0 unspecified atom stereocenters. The molecular weight excluding hydrogens is 363 g/mol. The summed E-state index contributed by atoms with van der Waals surface area (Å²) in [6.45, 7) is 4.95. The summed E-state index contributed by atoms with van der Waals surface area (Å²) in [5.74, 6) is -1.77. The number of anilines is 1. The Bertz CT molecular complexity index is 1010. The highest BCUT2D eigenvalue weighted by Crippen LogP contribution is 2.41. The minimum absolute atomic E-state index is 0.0218. The SMILES string of the molecule is CCc1c(N2CC[C@@H](O)[C@H](C)C2)c(F)cc2c(=O)c(C(=O)O)cn(C3CC3)c12. The topological polar surface area (TPSA) is 82.8 Å². The third kappa shape index (κ3) is 2.98. The van der Waals surface area contributed by atoms with Gasteiger partial charge in [0.15, 0.2) is 0 Å². The number of carboxylic acid groups (broad SMARTS) is 1. The minimum atomic E-state index is -1.29. The number of hydrogen-bond acceptors (Lipinski definition) is 4. The van der Waals surface area contributed by atoms with Crippen molar-refractivity contribution in [1.82, 2.24) is 4.57 Å². The van der Waals surface area contributed by atoms with Gasteiger partial charge in [-0.05, 0) is 37.7 Å². The third-order valence-corrected chi connectivity index (χ3v) is 6.04. The first-order valence-electron chi connectivity index (χ1n) is 9.90. The molecule has 2 aliphatic rings. The standard InChI is InChI=1S/C21H25FN2O4/c1-3-13-18-14(20(26)15(21(27)28)10-24(18)12-4-5-12)8-16(22)19(13)23-7-6-17(25)11(2)9-23/h8,10-12,17,25H,3-7,9H2,1-2H3,(H,27,28)/t11-,17-/m1/s1.